The Morgan fingerprint density at radius 1 is 0.256 bits per heavy atom. The summed E-state index contributed by atoms with van der Waals surface area (Å²) >= 11 is 0. The van der Waals surface area contributed by atoms with Crippen LogP contribution in [0.15, 0.2) is 279 Å². The normalized spacial score (nSPS) is 13.4. The van der Waals surface area contributed by atoms with Crippen molar-refractivity contribution in [2.24, 2.45) is 0 Å². The quantitative estimate of drug-likeness (QED) is 0.155. The molecular weight excluding hydrogens is 1100 g/mol. The molecule has 13 aromatic carbocycles. The highest BCUT2D eigenvalue weighted by atomic mass is 19.1. The molecule has 0 unspecified atom stereocenters. The van der Waals surface area contributed by atoms with Gasteiger partial charge in [0.15, 0.2) is 0 Å². The van der Waals surface area contributed by atoms with Gasteiger partial charge in [-0.3, -0.25) is 0 Å². The van der Waals surface area contributed by atoms with Crippen molar-refractivity contribution in [3.63, 3.8) is 0 Å². The Morgan fingerprint density at radius 3 is 1.04 bits per heavy atom. The number of hydrogen-bond acceptors (Lipinski definition) is 4. The number of aromatic nitrogens is 2. The van der Waals surface area contributed by atoms with Crippen LogP contribution in [0.1, 0.15) is 11.1 Å². The topological polar surface area (TPSA) is 22.8 Å². The second kappa shape index (κ2) is 19.1. The van der Waals surface area contributed by atoms with Gasteiger partial charge in [-0.25, -0.2) is 8.78 Å². The molecule has 0 atom stereocenters. The fraction of sp³-hybridized carbons (Fsp3) is 0.0250. The highest BCUT2D eigenvalue weighted by Crippen LogP contribution is 2.51. The van der Waals surface area contributed by atoms with Crippen LogP contribution in [0.3, 0.4) is 0 Å². The first-order chi connectivity index (χ1) is 44.4. The molecule has 0 saturated heterocycles. The molecule has 0 amide bonds. The van der Waals surface area contributed by atoms with Crippen molar-refractivity contribution in [2.75, 3.05) is 19.6 Å². The minimum atomic E-state index is -0.364. The molecule has 0 N–H and O–H groups in total. The third kappa shape index (κ3) is 6.98. The number of benzene rings is 13. The Morgan fingerprint density at radius 2 is 0.611 bits per heavy atom. The van der Waals surface area contributed by atoms with Crippen LogP contribution in [-0.2, 0) is 0 Å². The number of anilines is 12. The number of hydrogen-bond donors (Lipinski definition) is 0. The summed E-state index contributed by atoms with van der Waals surface area (Å²) in [6, 6.07) is 97.6. The minimum Gasteiger partial charge on any atom is -0.311 e. The van der Waals surface area contributed by atoms with Gasteiger partial charge < -0.3 is 28.7 Å². The molecule has 0 saturated carbocycles. The standard InChI is InChI=1S/C80H52B2F2N6/c1-49-23-21-41-69-77(49)55-29-9-15-35-63(55)87(69)53-43-73-79-75(45-53)89(67-39-19-13-33-61(67)83)71-48-72-60(47-59(71)81(79)57-31-11-17-37-65(57)85(73)51-25-5-3-6-26-51)82-58-32-12-18-38-66(58)86(52-27-7-4-8-28-52)74-44-54(46-76(80(74)82)90(72)68-40-20-14-34-62(68)84)88-64-36-16-10-30-56(64)78-50(2)24-22-42-70(78)88/h3-48H,1-2H3. The third-order valence-corrected chi connectivity index (χ3v) is 19.6. The number of para-hydroxylation sites is 8. The molecule has 90 heavy (non-hydrogen) atoms. The van der Waals surface area contributed by atoms with E-state index in [-0.39, 0.29) is 25.1 Å². The van der Waals surface area contributed by atoms with Crippen LogP contribution in [0.2, 0.25) is 0 Å². The highest BCUT2D eigenvalue weighted by Gasteiger charge is 2.49. The Bertz CT molecular complexity index is 5230. The molecule has 0 spiro atoms. The van der Waals surface area contributed by atoms with Crippen LogP contribution in [0.25, 0.3) is 55.0 Å². The maximum Gasteiger partial charge on any atom is 0.252 e. The van der Waals surface area contributed by atoms with E-state index < -0.39 is 0 Å². The maximum absolute atomic E-state index is 17.8. The van der Waals surface area contributed by atoms with Crippen LogP contribution in [-0.4, -0.2) is 22.6 Å². The molecule has 6 nitrogen and oxygen atoms in total. The van der Waals surface area contributed by atoms with E-state index in [0.717, 1.165) is 134 Å². The smallest absolute Gasteiger partial charge is 0.252 e. The second-order valence-corrected chi connectivity index (χ2v) is 24.3. The Kier molecular flexibility index (Phi) is 10.8. The van der Waals surface area contributed by atoms with Gasteiger partial charge in [0.1, 0.15) is 11.6 Å². The van der Waals surface area contributed by atoms with E-state index in [0.29, 0.717) is 11.4 Å². The van der Waals surface area contributed by atoms with Gasteiger partial charge in [0.2, 0.25) is 0 Å². The Balaban J connectivity index is 0.963. The van der Waals surface area contributed by atoms with Gasteiger partial charge in [-0.05, 0) is 173 Å². The average molecular weight is 1160 g/mol. The van der Waals surface area contributed by atoms with Crippen molar-refractivity contribution in [3.05, 3.63) is 302 Å². The zero-order valence-corrected chi connectivity index (χ0v) is 49.2. The minimum absolute atomic E-state index is 0.340. The molecule has 0 bridgehead atoms. The van der Waals surface area contributed by atoms with Gasteiger partial charge in [0.05, 0.1) is 44.8 Å². The summed E-state index contributed by atoms with van der Waals surface area (Å²) in [5.74, 6) is -0.729. The molecule has 19 rings (SSSR count). The van der Waals surface area contributed by atoms with Gasteiger partial charge in [0, 0.05) is 78.4 Å². The van der Waals surface area contributed by atoms with Gasteiger partial charge in [0.25, 0.3) is 13.4 Å². The van der Waals surface area contributed by atoms with Crippen LogP contribution < -0.4 is 52.4 Å². The van der Waals surface area contributed by atoms with Crippen LogP contribution in [0, 0.1) is 25.5 Å². The Labute approximate surface area is 519 Å². The van der Waals surface area contributed by atoms with Gasteiger partial charge in [-0.1, -0.05) is 164 Å². The molecule has 10 heteroatoms. The largest absolute Gasteiger partial charge is 0.311 e. The molecule has 2 aromatic heterocycles. The molecule has 0 radical (unpaired) electrons. The summed E-state index contributed by atoms with van der Waals surface area (Å²) in [7, 11) is 0. The van der Waals surface area contributed by atoms with E-state index in [2.05, 4.69) is 273 Å². The van der Waals surface area contributed by atoms with Crippen molar-refractivity contribution in [3.8, 4) is 11.4 Å². The highest BCUT2D eigenvalue weighted by molar-refractivity contribution is 7.03. The number of nitrogens with zero attached hydrogens (tertiary/aromatic N) is 6. The van der Waals surface area contributed by atoms with Gasteiger partial charge in [-0.2, -0.15) is 0 Å². The van der Waals surface area contributed by atoms with E-state index in [1.165, 1.54) is 21.9 Å². The van der Waals surface area contributed by atoms with Crippen LogP contribution >= 0.6 is 0 Å². The predicted molar refractivity (Wildman–Crippen MR) is 373 cm³/mol. The molecule has 4 aliphatic rings. The van der Waals surface area contributed by atoms with Crippen molar-refractivity contribution in [1.82, 2.24) is 9.13 Å². The van der Waals surface area contributed by atoms with Crippen molar-refractivity contribution < 1.29 is 8.78 Å². The SMILES string of the molecule is Cc1cccc2c1c1ccccc1n2-c1cc2c3c(c1)N(c1ccccc1F)c1cc4c(cc1B3c1ccccc1N2c1ccccc1)B1c2ccccc2N(c2ccccc2)c2cc(-n3c5ccccc5c5c(C)cccc53)cc(c21)N4c1ccccc1F. The van der Waals surface area contributed by atoms with Gasteiger partial charge in [-0.15, -0.1) is 0 Å². The lowest BCUT2D eigenvalue weighted by Gasteiger charge is -2.47. The summed E-state index contributed by atoms with van der Waals surface area (Å²) in [6.07, 6.45) is 0. The zero-order chi connectivity index (χ0) is 59.6. The summed E-state index contributed by atoms with van der Waals surface area (Å²) in [5.41, 5.74) is 25.2. The molecule has 0 fully saturated rings. The fourth-order valence-electron chi connectivity index (χ4n) is 16.1. The third-order valence-electron chi connectivity index (χ3n) is 19.6. The lowest BCUT2D eigenvalue weighted by Crippen LogP contribution is -2.65. The number of fused-ring (bicyclic) bond motifs is 14. The lowest BCUT2D eigenvalue weighted by molar-refractivity contribution is 0.629. The number of halogens is 2. The van der Waals surface area contributed by atoms with E-state index in [4.69, 9.17) is 0 Å². The number of aryl methyl sites for hydroxylation is 2. The summed E-state index contributed by atoms with van der Waals surface area (Å²) < 4.78 is 40.4. The summed E-state index contributed by atoms with van der Waals surface area (Å²) in [6.45, 7) is 3.69. The first-order valence-corrected chi connectivity index (χ1v) is 30.9. The number of rotatable bonds is 6. The first-order valence-electron chi connectivity index (χ1n) is 30.9. The zero-order valence-electron chi connectivity index (χ0n) is 49.2. The van der Waals surface area contributed by atoms with Gasteiger partial charge >= 0.3 is 0 Å². The monoisotopic (exact) mass is 1160 g/mol. The summed E-state index contributed by atoms with van der Waals surface area (Å²) in [4.78, 5) is 9.15. The molecule has 4 aliphatic heterocycles. The van der Waals surface area contributed by atoms with E-state index in [1.54, 1.807) is 24.3 Å². The predicted octanol–water partition coefficient (Wildman–Crippen LogP) is 16.9. The molecule has 6 heterocycles. The molecule has 0 aliphatic carbocycles. The van der Waals surface area contributed by atoms with E-state index >= 15 is 8.78 Å². The van der Waals surface area contributed by atoms with Crippen LogP contribution in [0.4, 0.5) is 77.0 Å². The van der Waals surface area contributed by atoms with Crippen molar-refractivity contribution in [2.45, 2.75) is 13.8 Å². The van der Waals surface area contributed by atoms with Crippen molar-refractivity contribution >= 4 is 158 Å². The Hall–Kier alpha value is -11.4. The van der Waals surface area contributed by atoms with Crippen molar-refractivity contribution in [1.29, 1.82) is 0 Å². The van der Waals surface area contributed by atoms with Crippen LogP contribution in [0.5, 0.6) is 0 Å². The average Bonchev–Trinajstić information content (AvgIpc) is 0.799. The second-order valence-electron chi connectivity index (χ2n) is 24.3. The van der Waals surface area contributed by atoms with E-state index in [1.807, 2.05) is 24.3 Å². The molecular formula is C80H52B2F2N6. The summed E-state index contributed by atoms with van der Waals surface area (Å²) in [5, 5.41) is 4.70. The fourth-order valence-corrected chi connectivity index (χ4v) is 16.1. The first kappa shape index (κ1) is 50.8. The van der Waals surface area contributed by atoms with E-state index in [9.17, 15) is 0 Å². The molecule has 15 aromatic rings. The maximum atomic E-state index is 17.8. The lowest BCUT2D eigenvalue weighted by atomic mass is 9.30. The molecule has 422 valence electrons.